The van der Waals surface area contributed by atoms with Gasteiger partial charge in [0.25, 0.3) is 11.6 Å². The van der Waals surface area contributed by atoms with Gasteiger partial charge in [0, 0.05) is 11.1 Å². The topological polar surface area (TPSA) is 90.7 Å². The number of halogens is 1. The highest BCUT2D eigenvalue weighted by Crippen LogP contribution is 2.28. The SMILES string of the molecule is COc1cc([N+](=O)[O-])ccc1NC(=O)COc1ccc(Cl)cc1. The van der Waals surface area contributed by atoms with Crippen LogP contribution in [0.1, 0.15) is 0 Å². The van der Waals surface area contributed by atoms with E-state index in [0.29, 0.717) is 16.5 Å². The molecule has 2 aromatic rings. The second-order valence-electron chi connectivity index (χ2n) is 4.43. The van der Waals surface area contributed by atoms with Gasteiger partial charge in [0.2, 0.25) is 0 Å². The number of carbonyl (C=O) groups excluding carboxylic acids is 1. The van der Waals surface area contributed by atoms with E-state index in [0.717, 1.165) is 0 Å². The Morgan fingerprint density at radius 1 is 1.26 bits per heavy atom. The third-order valence-corrected chi connectivity index (χ3v) is 3.11. The fourth-order valence-electron chi connectivity index (χ4n) is 1.76. The summed E-state index contributed by atoms with van der Waals surface area (Å²) in [6.45, 7) is -0.220. The van der Waals surface area contributed by atoms with Gasteiger partial charge < -0.3 is 14.8 Å². The number of carbonyl (C=O) groups is 1. The molecule has 2 aromatic carbocycles. The van der Waals surface area contributed by atoms with Crippen molar-refractivity contribution < 1.29 is 19.2 Å². The number of hydrogen-bond donors (Lipinski definition) is 1. The molecule has 2 rings (SSSR count). The number of hydrogen-bond acceptors (Lipinski definition) is 5. The van der Waals surface area contributed by atoms with E-state index >= 15 is 0 Å². The van der Waals surface area contributed by atoms with E-state index in [1.165, 1.54) is 25.3 Å². The third-order valence-electron chi connectivity index (χ3n) is 2.85. The summed E-state index contributed by atoms with van der Waals surface area (Å²) in [5, 5.41) is 13.9. The molecule has 0 aliphatic rings. The number of methoxy groups -OCH3 is 1. The minimum absolute atomic E-state index is 0.128. The summed E-state index contributed by atoms with van der Waals surface area (Å²) >= 11 is 5.75. The average Bonchev–Trinajstić information content (AvgIpc) is 2.54. The number of amides is 1. The molecule has 0 fully saturated rings. The summed E-state index contributed by atoms with van der Waals surface area (Å²) in [4.78, 5) is 22.1. The van der Waals surface area contributed by atoms with E-state index in [4.69, 9.17) is 21.1 Å². The van der Waals surface area contributed by atoms with Gasteiger partial charge in [0.05, 0.1) is 23.8 Å². The number of benzene rings is 2. The van der Waals surface area contributed by atoms with Crippen molar-refractivity contribution in [2.24, 2.45) is 0 Å². The van der Waals surface area contributed by atoms with E-state index in [2.05, 4.69) is 5.32 Å². The second-order valence-corrected chi connectivity index (χ2v) is 4.87. The van der Waals surface area contributed by atoms with E-state index in [1.54, 1.807) is 24.3 Å². The van der Waals surface area contributed by atoms with Gasteiger partial charge >= 0.3 is 0 Å². The van der Waals surface area contributed by atoms with Crippen molar-refractivity contribution in [3.8, 4) is 11.5 Å². The lowest BCUT2D eigenvalue weighted by Crippen LogP contribution is -2.20. The molecule has 0 saturated heterocycles. The van der Waals surface area contributed by atoms with E-state index < -0.39 is 10.8 Å². The highest BCUT2D eigenvalue weighted by Gasteiger charge is 2.13. The van der Waals surface area contributed by atoms with Crippen molar-refractivity contribution in [3.63, 3.8) is 0 Å². The smallest absolute Gasteiger partial charge is 0.273 e. The van der Waals surface area contributed by atoms with Crippen LogP contribution in [0.25, 0.3) is 0 Å². The molecule has 0 spiro atoms. The number of non-ortho nitro benzene ring substituents is 1. The molecule has 0 bridgehead atoms. The van der Waals surface area contributed by atoms with Crippen molar-refractivity contribution in [1.82, 2.24) is 0 Å². The number of nitro benzene ring substituents is 1. The van der Waals surface area contributed by atoms with Crippen LogP contribution < -0.4 is 14.8 Å². The van der Waals surface area contributed by atoms with Gasteiger partial charge in [-0.15, -0.1) is 0 Å². The number of anilines is 1. The molecule has 0 radical (unpaired) electrons. The predicted molar refractivity (Wildman–Crippen MR) is 85.2 cm³/mol. The predicted octanol–water partition coefficient (Wildman–Crippen LogP) is 3.27. The Hall–Kier alpha value is -2.80. The van der Waals surface area contributed by atoms with E-state index in [9.17, 15) is 14.9 Å². The molecule has 7 nitrogen and oxygen atoms in total. The zero-order valence-corrected chi connectivity index (χ0v) is 12.9. The summed E-state index contributed by atoms with van der Waals surface area (Å²) in [5.74, 6) is 0.270. The summed E-state index contributed by atoms with van der Waals surface area (Å²) < 4.78 is 10.3. The van der Waals surface area contributed by atoms with Crippen LogP contribution in [0.3, 0.4) is 0 Å². The molecule has 1 amide bonds. The van der Waals surface area contributed by atoms with Gasteiger partial charge in [0.15, 0.2) is 6.61 Å². The third kappa shape index (κ3) is 4.58. The van der Waals surface area contributed by atoms with Crippen LogP contribution in [0.15, 0.2) is 42.5 Å². The fraction of sp³-hybridized carbons (Fsp3) is 0.133. The highest BCUT2D eigenvalue weighted by atomic mass is 35.5. The zero-order chi connectivity index (χ0) is 16.8. The first-order chi connectivity index (χ1) is 11.0. The molecular weight excluding hydrogens is 324 g/mol. The Labute approximate surface area is 136 Å². The molecule has 0 atom stereocenters. The van der Waals surface area contributed by atoms with Crippen LogP contribution in [0, 0.1) is 10.1 Å². The Balaban J connectivity index is 1.99. The Kier molecular flexibility index (Phi) is 5.37. The van der Waals surface area contributed by atoms with E-state index in [1.807, 2.05) is 0 Å². The van der Waals surface area contributed by atoms with Crippen molar-refractivity contribution in [1.29, 1.82) is 0 Å². The number of ether oxygens (including phenoxy) is 2. The van der Waals surface area contributed by atoms with E-state index in [-0.39, 0.29) is 18.0 Å². The maximum absolute atomic E-state index is 11.9. The largest absolute Gasteiger partial charge is 0.494 e. The molecule has 0 saturated carbocycles. The number of rotatable bonds is 6. The normalized spacial score (nSPS) is 10.0. The molecule has 1 N–H and O–H groups in total. The zero-order valence-electron chi connectivity index (χ0n) is 12.1. The lowest BCUT2D eigenvalue weighted by atomic mass is 10.2. The Bertz CT molecular complexity index is 718. The minimum Gasteiger partial charge on any atom is -0.494 e. The first-order valence-electron chi connectivity index (χ1n) is 6.50. The highest BCUT2D eigenvalue weighted by molar-refractivity contribution is 6.30. The molecule has 0 aliphatic heterocycles. The number of nitrogens with one attached hydrogen (secondary N) is 1. The molecule has 120 valence electrons. The van der Waals surface area contributed by atoms with Gasteiger partial charge in [0.1, 0.15) is 11.5 Å². The maximum atomic E-state index is 11.9. The molecule has 0 aliphatic carbocycles. The van der Waals surface area contributed by atoms with Gasteiger partial charge in [-0.1, -0.05) is 11.6 Å². The standard InChI is InChI=1S/C15H13ClN2O5/c1-22-14-8-11(18(20)21)4-7-13(14)17-15(19)9-23-12-5-2-10(16)3-6-12/h2-8H,9H2,1H3,(H,17,19). The van der Waals surface area contributed by atoms with Crippen LogP contribution in [-0.4, -0.2) is 24.5 Å². The molecule has 0 aromatic heterocycles. The quantitative estimate of drug-likeness (QED) is 0.645. The lowest BCUT2D eigenvalue weighted by molar-refractivity contribution is -0.384. The minimum atomic E-state index is -0.544. The molecule has 23 heavy (non-hydrogen) atoms. The van der Waals surface area contributed by atoms with Crippen molar-refractivity contribution in [2.45, 2.75) is 0 Å². The van der Waals surface area contributed by atoms with Crippen LogP contribution in [-0.2, 0) is 4.79 Å². The molecule has 0 heterocycles. The summed E-state index contributed by atoms with van der Waals surface area (Å²) in [5.41, 5.74) is 0.195. The number of nitro groups is 1. The Morgan fingerprint density at radius 3 is 2.57 bits per heavy atom. The number of nitrogens with zero attached hydrogens (tertiary/aromatic N) is 1. The van der Waals surface area contributed by atoms with Crippen molar-refractivity contribution in [3.05, 3.63) is 57.6 Å². The van der Waals surface area contributed by atoms with Crippen molar-refractivity contribution >= 4 is 28.9 Å². The Morgan fingerprint density at radius 2 is 1.96 bits per heavy atom. The average molecular weight is 337 g/mol. The van der Waals surface area contributed by atoms with Crippen LogP contribution >= 0.6 is 11.6 Å². The van der Waals surface area contributed by atoms with Gasteiger partial charge in [-0.3, -0.25) is 14.9 Å². The molecule has 8 heteroatoms. The fourth-order valence-corrected chi connectivity index (χ4v) is 1.89. The first kappa shape index (κ1) is 16.6. The monoisotopic (exact) mass is 336 g/mol. The maximum Gasteiger partial charge on any atom is 0.273 e. The van der Waals surface area contributed by atoms with Gasteiger partial charge in [-0.25, -0.2) is 0 Å². The van der Waals surface area contributed by atoms with Crippen LogP contribution in [0.4, 0.5) is 11.4 Å². The van der Waals surface area contributed by atoms with Gasteiger partial charge in [-0.2, -0.15) is 0 Å². The lowest BCUT2D eigenvalue weighted by Gasteiger charge is -2.10. The van der Waals surface area contributed by atoms with Crippen LogP contribution in [0.2, 0.25) is 5.02 Å². The second kappa shape index (κ2) is 7.46. The summed E-state index contributed by atoms with van der Waals surface area (Å²) in [6.07, 6.45) is 0. The van der Waals surface area contributed by atoms with Crippen LogP contribution in [0.5, 0.6) is 11.5 Å². The first-order valence-corrected chi connectivity index (χ1v) is 6.88. The summed E-state index contributed by atoms with van der Waals surface area (Å²) in [6, 6.07) is 10.5. The molecule has 0 unspecified atom stereocenters. The van der Waals surface area contributed by atoms with Gasteiger partial charge in [-0.05, 0) is 30.3 Å². The summed E-state index contributed by atoms with van der Waals surface area (Å²) in [7, 11) is 1.36. The molecular formula is C15H13ClN2O5. The van der Waals surface area contributed by atoms with Crippen molar-refractivity contribution in [2.75, 3.05) is 19.0 Å².